The Hall–Kier alpha value is -2.71. The fraction of sp³-hybridized carbons (Fsp3) is 0.522. The Bertz CT molecular complexity index is 1070. The summed E-state index contributed by atoms with van der Waals surface area (Å²) in [5.41, 5.74) is 3.68. The molecule has 0 bridgehead atoms. The third-order valence-electron chi connectivity index (χ3n) is 6.34. The van der Waals surface area contributed by atoms with E-state index in [0.29, 0.717) is 0 Å². The molecule has 3 aromatic rings. The van der Waals surface area contributed by atoms with Crippen molar-refractivity contribution in [3.05, 3.63) is 35.8 Å². The highest BCUT2D eigenvalue weighted by molar-refractivity contribution is 5.85. The lowest BCUT2D eigenvalue weighted by Gasteiger charge is -2.35. The number of hydrogen-bond acceptors (Lipinski definition) is 7. The Labute approximate surface area is 183 Å². The Kier molecular flexibility index (Phi) is 5.50. The molecule has 0 amide bonds. The fourth-order valence-corrected chi connectivity index (χ4v) is 4.44. The van der Waals surface area contributed by atoms with Crippen LogP contribution in [0.25, 0.3) is 16.7 Å². The fourth-order valence-electron chi connectivity index (χ4n) is 4.44. The molecule has 0 radical (unpaired) electrons. The summed E-state index contributed by atoms with van der Waals surface area (Å²) < 4.78 is 7.49. The van der Waals surface area contributed by atoms with Gasteiger partial charge in [0.05, 0.1) is 24.9 Å². The molecule has 5 rings (SSSR count). The highest BCUT2D eigenvalue weighted by Gasteiger charge is 2.20. The Morgan fingerprint density at radius 3 is 2.39 bits per heavy atom. The van der Waals surface area contributed by atoms with E-state index >= 15 is 0 Å². The molecule has 2 aliphatic heterocycles. The van der Waals surface area contributed by atoms with E-state index in [1.807, 2.05) is 10.9 Å². The van der Waals surface area contributed by atoms with Crippen LogP contribution in [0.5, 0.6) is 0 Å². The third kappa shape index (κ3) is 3.97. The molecule has 0 spiro atoms. The maximum atomic E-state index is 5.52. The standard InChI is InChI=1S/C23H31N7O/c1-4-21-25-22(29-9-11-31-12-10-29)15-23(26-21)30-20-14-19(17(2)13-18(20)16-24-30)28-7-5-27(3)6-8-28/h13-16H,4-12H2,1-3H3. The van der Waals surface area contributed by atoms with Crippen molar-refractivity contribution in [2.24, 2.45) is 0 Å². The number of hydrogen-bond donors (Lipinski definition) is 0. The minimum absolute atomic E-state index is 0.735. The van der Waals surface area contributed by atoms with Gasteiger partial charge in [-0.1, -0.05) is 6.92 Å². The molecule has 2 aromatic heterocycles. The SMILES string of the molecule is CCc1nc(N2CCOCC2)cc(-n2ncc3cc(C)c(N4CCN(C)CC4)cc32)n1. The molecule has 0 unspecified atom stereocenters. The molecule has 31 heavy (non-hydrogen) atoms. The van der Waals surface area contributed by atoms with Gasteiger partial charge in [0, 0.05) is 62.8 Å². The summed E-state index contributed by atoms with van der Waals surface area (Å²) in [7, 11) is 2.19. The summed E-state index contributed by atoms with van der Waals surface area (Å²) in [5.74, 6) is 2.63. The average molecular weight is 422 g/mol. The van der Waals surface area contributed by atoms with Crippen LogP contribution in [-0.4, -0.2) is 84.2 Å². The zero-order chi connectivity index (χ0) is 21.4. The van der Waals surface area contributed by atoms with E-state index in [-0.39, 0.29) is 0 Å². The van der Waals surface area contributed by atoms with Crippen LogP contribution in [-0.2, 0) is 11.2 Å². The molecular formula is C23H31N7O. The van der Waals surface area contributed by atoms with Crippen LogP contribution in [0.1, 0.15) is 18.3 Å². The molecule has 2 saturated heterocycles. The zero-order valence-electron chi connectivity index (χ0n) is 18.7. The van der Waals surface area contributed by atoms with Crippen LogP contribution in [0.2, 0.25) is 0 Å². The topological polar surface area (TPSA) is 62.6 Å². The molecule has 0 atom stereocenters. The quantitative estimate of drug-likeness (QED) is 0.640. The van der Waals surface area contributed by atoms with E-state index < -0.39 is 0 Å². The number of rotatable bonds is 4. The van der Waals surface area contributed by atoms with Crippen LogP contribution >= 0.6 is 0 Å². The number of ether oxygens (including phenoxy) is 1. The second-order valence-electron chi connectivity index (χ2n) is 8.50. The van der Waals surface area contributed by atoms with E-state index in [1.165, 1.54) is 11.3 Å². The molecule has 0 N–H and O–H groups in total. The normalized spacial score (nSPS) is 18.2. The number of benzene rings is 1. The summed E-state index contributed by atoms with van der Waals surface area (Å²) in [4.78, 5) is 16.8. The average Bonchev–Trinajstić information content (AvgIpc) is 3.22. The van der Waals surface area contributed by atoms with Gasteiger partial charge in [-0.05, 0) is 31.7 Å². The van der Waals surface area contributed by atoms with Gasteiger partial charge in [0.2, 0.25) is 0 Å². The van der Waals surface area contributed by atoms with Crippen LogP contribution in [0, 0.1) is 6.92 Å². The molecule has 1 aromatic carbocycles. The first-order chi connectivity index (χ1) is 15.1. The summed E-state index contributed by atoms with van der Waals surface area (Å²) in [6.45, 7) is 11.7. The molecule has 8 nitrogen and oxygen atoms in total. The summed E-state index contributed by atoms with van der Waals surface area (Å²) >= 11 is 0. The van der Waals surface area contributed by atoms with Crippen LogP contribution in [0.3, 0.4) is 0 Å². The van der Waals surface area contributed by atoms with E-state index in [0.717, 1.165) is 87.3 Å². The maximum absolute atomic E-state index is 5.52. The zero-order valence-corrected chi connectivity index (χ0v) is 18.7. The van der Waals surface area contributed by atoms with E-state index in [9.17, 15) is 0 Å². The summed E-state index contributed by atoms with van der Waals surface area (Å²) in [6, 6.07) is 6.59. The predicted molar refractivity (Wildman–Crippen MR) is 124 cm³/mol. The van der Waals surface area contributed by atoms with Crippen molar-refractivity contribution in [1.82, 2.24) is 24.6 Å². The molecular weight excluding hydrogens is 390 g/mol. The third-order valence-corrected chi connectivity index (χ3v) is 6.34. The molecule has 2 fully saturated rings. The maximum Gasteiger partial charge on any atom is 0.159 e. The number of anilines is 2. The van der Waals surface area contributed by atoms with Gasteiger partial charge in [-0.3, -0.25) is 0 Å². The lowest BCUT2D eigenvalue weighted by Crippen LogP contribution is -2.44. The summed E-state index contributed by atoms with van der Waals surface area (Å²) in [5, 5.41) is 5.86. The first-order valence-corrected chi connectivity index (χ1v) is 11.3. The van der Waals surface area contributed by atoms with Gasteiger partial charge in [-0.2, -0.15) is 5.10 Å². The number of aromatic nitrogens is 4. The van der Waals surface area contributed by atoms with Crippen molar-refractivity contribution in [3.8, 4) is 5.82 Å². The lowest BCUT2D eigenvalue weighted by atomic mass is 10.1. The Morgan fingerprint density at radius 2 is 1.65 bits per heavy atom. The monoisotopic (exact) mass is 421 g/mol. The minimum atomic E-state index is 0.735. The van der Waals surface area contributed by atoms with Gasteiger partial charge >= 0.3 is 0 Å². The number of morpholine rings is 1. The molecule has 164 valence electrons. The smallest absolute Gasteiger partial charge is 0.159 e. The van der Waals surface area contributed by atoms with Gasteiger partial charge in [0.15, 0.2) is 5.82 Å². The summed E-state index contributed by atoms with van der Waals surface area (Å²) in [6.07, 6.45) is 2.73. The Morgan fingerprint density at radius 1 is 0.903 bits per heavy atom. The second-order valence-corrected chi connectivity index (χ2v) is 8.50. The number of piperazine rings is 1. The van der Waals surface area contributed by atoms with E-state index in [2.05, 4.69) is 53.8 Å². The number of likely N-dealkylation sites (N-methyl/N-ethyl adjacent to an activating group) is 1. The van der Waals surface area contributed by atoms with E-state index in [4.69, 9.17) is 19.8 Å². The molecule has 4 heterocycles. The van der Waals surface area contributed by atoms with Crippen molar-refractivity contribution in [2.75, 3.05) is 69.3 Å². The van der Waals surface area contributed by atoms with Gasteiger partial charge in [0.1, 0.15) is 11.6 Å². The van der Waals surface area contributed by atoms with Gasteiger partial charge in [-0.25, -0.2) is 14.6 Å². The van der Waals surface area contributed by atoms with Crippen molar-refractivity contribution < 1.29 is 4.74 Å². The molecule has 2 aliphatic rings. The van der Waals surface area contributed by atoms with E-state index in [1.54, 1.807) is 0 Å². The first-order valence-electron chi connectivity index (χ1n) is 11.3. The van der Waals surface area contributed by atoms with Gasteiger partial charge < -0.3 is 19.4 Å². The minimum Gasteiger partial charge on any atom is -0.378 e. The largest absolute Gasteiger partial charge is 0.378 e. The van der Waals surface area contributed by atoms with Crippen molar-refractivity contribution in [2.45, 2.75) is 20.3 Å². The van der Waals surface area contributed by atoms with Crippen molar-refractivity contribution in [1.29, 1.82) is 0 Å². The van der Waals surface area contributed by atoms with Crippen LogP contribution in [0.4, 0.5) is 11.5 Å². The highest BCUT2D eigenvalue weighted by Crippen LogP contribution is 2.29. The second kappa shape index (κ2) is 8.43. The molecule has 0 aliphatic carbocycles. The number of aryl methyl sites for hydroxylation is 2. The highest BCUT2D eigenvalue weighted by atomic mass is 16.5. The number of fused-ring (bicyclic) bond motifs is 1. The van der Waals surface area contributed by atoms with Gasteiger partial charge in [0.25, 0.3) is 0 Å². The van der Waals surface area contributed by atoms with Crippen molar-refractivity contribution in [3.63, 3.8) is 0 Å². The van der Waals surface area contributed by atoms with Crippen LogP contribution in [0.15, 0.2) is 24.4 Å². The first kappa shape index (κ1) is 20.2. The van der Waals surface area contributed by atoms with Gasteiger partial charge in [-0.15, -0.1) is 0 Å². The molecule has 8 heteroatoms. The molecule has 0 saturated carbocycles. The number of nitrogens with zero attached hydrogens (tertiary/aromatic N) is 7. The van der Waals surface area contributed by atoms with Crippen LogP contribution < -0.4 is 9.80 Å². The Balaban J connectivity index is 1.56. The lowest BCUT2D eigenvalue weighted by molar-refractivity contribution is 0.122. The predicted octanol–water partition coefficient (Wildman–Crippen LogP) is 2.27. The van der Waals surface area contributed by atoms with Crippen molar-refractivity contribution >= 4 is 22.4 Å².